The lowest BCUT2D eigenvalue weighted by Crippen LogP contribution is -2.50. The minimum atomic E-state index is -3.53. The van der Waals surface area contributed by atoms with Crippen LogP contribution in [0.3, 0.4) is 0 Å². The quantitative estimate of drug-likeness (QED) is 0.635. The van der Waals surface area contributed by atoms with Crippen molar-refractivity contribution in [1.82, 2.24) is 9.62 Å². The number of amides is 1. The molecule has 1 unspecified atom stereocenters. The van der Waals surface area contributed by atoms with E-state index < -0.39 is 34.5 Å². The fourth-order valence-electron chi connectivity index (χ4n) is 2.16. The van der Waals surface area contributed by atoms with E-state index in [0.717, 1.165) is 19.1 Å². The van der Waals surface area contributed by atoms with E-state index in [1.807, 2.05) is 13.8 Å². The Morgan fingerprint density at radius 3 is 2.29 bits per heavy atom. The Balaban J connectivity index is 2.83. The number of nitrogens with one attached hydrogen (secondary N) is 1. The SMILES string of the molecule is CC(C)CC(NS(C)(=O)=O)C(=O)N(CC(=O)O)CC1CC1. The molecule has 1 atom stereocenters. The Labute approximate surface area is 125 Å². The predicted octanol–water partition coefficient (Wildman–Crippen LogP) is 0.274. The van der Waals surface area contributed by atoms with Crippen molar-refractivity contribution in [3.8, 4) is 0 Å². The van der Waals surface area contributed by atoms with Gasteiger partial charge >= 0.3 is 5.97 Å². The third-order valence-electron chi connectivity index (χ3n) is 3.17. The Morgan fingerprint density at radius 2 is 1.90 bits per heavy atom. The van der Waals surface area contributed by atoms with E-state index in [1.54, 1.807) is 0 Å². The summed E-state index contributed by atoms with van der Waals surface area (Å²) in [6, 6.07) is -0.905. The topological polar surface area (TPSA) is 104 Å². The lowest BCUT2D eigenvalue weighted by molar-refractivity contribution is -0.145. The van der Waals surface area contributed by atoms with Gasteiger partial charge in [0.2, 0.25) is 15.9 Å². The maximum absolute atomic E-state index is 12.5. The average molecular weight is 320 g/mol. The first kappa shape index (κ1) is 17.9. The molecular weight excluding hydrogens is 296 g/mol. The number of hydrogen-bond donors (Lipinski definition) is 2. The summed E-state index contributed by atoms with van der Waals surface area (Å²) in [7, 11) is -3.53. The van der Waals surface area contributed by atoms with E-state index in [4.69, 9.17) is 5.11 Å². The summed E-state index contributed by atoms with van der Waals surface area (Å²) in [6.45, 7) is 3.75. The highest BCUT2D eigenvalue weighted by Gasteiger charge is 2.32. The van der Waals surface area contributed by atoms with Crippen molar-refractivity contribution in [2.75, 3.05) is 19.3 Å². The molecule has 1 amide bonds. The second-order valence-corrected chi connectivity index (χ2v) is 7.91. The van der Waals surface area contributed by atoms with E-state index in [2.05, 4.69) is 4.72 Å². The van der Waals surface area contributed by atoms with Crippen molar-refractivity contribution in [1.29, 1.82) is 0 Å². The van der Waals surface area contributed by atoms with Crippen molar-refractivity contribution in [3.05, 3.63) is 0 Å². The van der Waals surface area contributed by atoms with Gasteiger partial charge in [0, 0.05) is 6.54 Å². The van der Waals surface area contributed by atoms with Gasteiger partial charge < -0.3 is 10.0 Å². The molecule has 1 fully saturated rings. The van der Waals surface area contributed by atoms with Crippen molar-refractivity contribution in [2.45, 2.75) is 39.2 Å². The summed E-state index contributed by atoms with van der Waals surface area (Å²) in [5.41, 5.74) is 0. The van der Waals surface area contributed by atoms with Crippen LogP contribution < -0.4 is 4.72 Å². The summed E-state index contributed by atoms with van der Waals surface area (Å²) < 4.78 is 25.1. The van der Waals surface area contributed by atoms with Gasteiger partial charge in [-0.3, -0.25) is 9.59 Å². The molecule has 1 aliphatic rings. The highest BCUT2D eigenvalue weighted by atomic mass is 32.2. The van der Waals surface area contributed by atoms with Gasteiger partial charge in [0.1, 0.15) is 12.6 Å². The molecule has 1 rings (SSSR count). The standard InChI is InChI=1S/C13H24N2O5S/c1-9(2)6-11(14-21(3,19)20)13(18)15(8-12(16)17)7-10-4-5-10/h9-11,14H,4-8H2,1-3H3,(H,16,17). The number of rotatable bonds is 9. The Morgan fingerprint density at radius 1 is 1.33 bits per heavy atom. The molecule has 0 spiro atoms. The molecule has 1 saturated carbocycles. The maximum atomic E-state index is 12.5. The van der Waals surface area contributed by atoms with Gasteiger partial charge in [-0.05, 0) is 31.1 Å². The smallest absolute Gasteiger partial charge is 0.323 e. The van der Waals surface area contributed by atoms with Gasteiger partial charge in [-0.25, -0.2) is 13.1 Å². The van der Waals surface area contributed by atoms with Crippen molar-refractivity contribution in [3.63, 3.8) is 0 Å². The third kappa shape index (κ3) is 7.42. The van der Waals surface area contributed by atoms with E-state index in [9.17, 15) is 18.0 Å². The second-order valence-electron chi connectivity index (χ2n) is 6.13. The molecule has 8 heteroatoms. The van der Waals surface area contributed by atoms with Crippen LogP contribution in [0, 0.1) is 11.8 Å². The fraction of sp³-hybridized carbons (Fsp3) is 0.846. The number of carboxylic acids is 1. The molecule has 0 aliphatic heterocycles. The predicted molar refractivity (Wildman–Crippen MR) is 78.2 cm³/mol. The first-order chi connectivity index (χ1) is 9.58. The van der Waals surface area contributed by atoms with Crippen LogP contribution in [0.25, 0.3) is 0 Å². The van der Waals surface area contributed by atoms with Gasteiger partial charge in [-0.1, -0.05) is 13.8 Å². The first-order valence-electron chi connectivity index (χ1n) is 7.06. The van der Waals surface area contributed by atoms with Gasteiger partial charge in [0.15, 0.2) is 0 Å². The summed E-state index contributed by atoms with van der Waals surface area (Å²) in [5, 5.41) is 8.93. The fourth-order valence-corrected chi connectivity index (χ4v) is 2.87. The number of hydrogen-bond acceptors (Lipinski definition) is 4. The minimum absolute atomic E-state index is 0.112. The van der Waals surface area contributed by atoms with Crippen LogP contribution in [0.2, 0.25) is 0 Å². The lowest BCUT2D eigenvalue weighted by atomic mass is 10.0. The molecule has 2 N–H and O–H groups in total. The van der Waals surface area contributed by atoms with Crippen LogP contribution in [0.1, 0.15) is 33.1 Å². The number of sulfonamides is 1. The molecule has 0 saturated heterocycles. The summed E-state index contributed by atoms with van der Waals surface area (Å²) >= 11 is 0. The highest BCUT2D eigenvalue weighted by Crippen LogP contribution is 2.30. The first-order valence-corrected chi connectivity index (χ1v) is 8.95. The number of carbonyl (C=O) groups is 2. The molecule has 0 aromatic heterocycles. The third-order valence-corrected chi connectivity index (χ3v) is 3.89. The van der Waals surface area contributed by atoms with Gasteiger partial charge in [-0.15, -0.1) is 0 Å². The monoisotopic (exact) mass is 320 g/mol. The summed E-state index contributed by atoms with van der Waals surface area (Å²) in [4.78, 5) is 24.7. The van der Waals surface area contributed by atoms with Crippen LogP contribution in [0.4, 0.5) is 0 Å². The maximum Gasteiger partial charge on any atom is 0.323 e. The molecule has 1 aliphatic carbocycles. The van der Waals surface area contributed by atoms with Crippen molar-refractivity contribution < 1.29 is 23.1 Å². The lowest BCUT2D eigenvalue weighted by Gasteiger charge is -2.27. The highest BCUT2D eigenvalue weighted by molar-refractivity contribution is 7.88. The van der Waals surface area contributed by atoms with E-state index >= 15 is 0 Å². The normalized spacial score (nSPS) is 16.8. The summed E-state index contributed by atoms with van der Waals surface area (Å²) in [6.07, 6.45) is 3.30. The molecule has 122 valence electrons. The molecule has 21 heavy (non-hydrogen) atoms. The zero-order chi connectivity index (χ0) is 16.2. The Hall–Kier alpha value is -1.15. The molecule has 7 nitrogen and oxygen atoms in total. The average Bonchev–Trinajstić information content (AvgIpc) is 3.07. The minimum Gasteiger partial charge on any atom is -0.480 e. The molecule has 0 aromatic carbocycles. The number of aliphatic carboxylic acids is 1. The van der Waals surface area contributed by atoms with Gasteiger partial charge in [0.25, 0.3) is 0 Å². The molecule has 0 heterocycles. The largest absolute Gasteiger partial charge is 0.480 e. The number of carbonyl (C=O) groups excluding carboxylic acids is 1. The zero-order valence-electron chi connectivity index (χ0n) is 12.7. The van der Waals surface area contributed by atoms with Gasteiger partial charge in [0.05, 0.1) is 6.26 Å². The van der Waals surface area contributed by atoms with Crippen LogP contribution in [-0.4, -0.2) is 55.7 Å². The number of nitrogens with zero attached hydrogens (tertiary/aromatic N) is 1. The second kappa shape index (κ2) is 7.22. The van der Waals surface area contributed by atoms with Crippen molar-refractivity contribution >= 4 is 21.9 Å². The molecular formula is C13H24N2O5S. The van der Waals surface area contributed by atoms with Crippen LogP contribution in [0.5, 0.6) is 0 Å². The van der Waals surface area contributed by atoms with Crippen LogP contribution in [0.15, 0.2) is 0 Å². The molecule has 0 radical (unpaired) electrons. The number of carboxylic acid groups (broad SMARTS) is 1. The van der Waals surface area contributed by atoms with Crippen LogP contribution >= 0.6 is 0 Å². The summed E-state index contributed by atoms with van der Waals surface area (Å²) in [5.74, 6) is -1.10. The van der Waals surface area contributed by atoms with Crippen LogP contribution in [-0.2, 0) is 19.6 Å². The van der Waals surface area contributed by atoms with E-state index in [0.29, 0.717) is 18.9 Å². The molecule has 0 aromatic rings. The van der Waals surface area contributed by atoms with E-state index in [1.165, 1.54) is 4.90 Å². The van der Waals surface area contributed by atoms with Crippen molar-refractivity contribution in [2.24, 2.45) is 11.8 Å². The molecule has 0 bridgehead atoms. The van der Waals surface area contributed by atoms with E-state index in [-0.39, 0.29) is 5.92 Å². The zero-order valence-corrected chi connectivity index (χ0v) is 13.5. The Bertz CT molecular complexity index is 485. The Kier molecular flexibility index (Phi) is 6.15. The van der Waals surface area contributed by atoms with Gasteiger partial charge in [-0.2, -0.15) is 0 Å².